The highest BCUT2D eigenvalue weighted by Crippen LogP contribution is 2.17. The van der Waals surface area contributed by atoms with Crippen LogP contribution in [0.5, 0.6) is 0 Å². The molecule has 1 fully saturated rings. The molecule has 1 heterocycles. The van der Waals surface area contributed by atoms with Crippen molar-refractivity contribution in [1.82, 2.24) is 4.90 Å². The lowest BCUT2D eigenvalue weighted by molar-refractivity contribution is -0.130. The van der Waals surface area contributed by atoms with Crippen LogP contribution in [0.2, 0.25) is 0 Å². The van der Waals surface area contributed by atoms with Crippen molar-refractivity contribution in [2.75, 3.05) is 38.3 Å². The van der Waals surface area contributed by atoms with Gasteiger partial charge >= 0.3 is 0 Å². The molecule has 0 saturated carbocycles. The van der Waals surface area contributed by atoms with E-state index >= 15 is 0 Å². The lowest BCUT2D eigenvalue weighted by Crippen LogP contribution is -2.36. The summed E-state index contributed by atoms with van der Waals surface area (Å²) in [6.07, 6.45) is 1.60. The van der Waals surface area contributed by atoms with E-state index in [2.05, 4.69) is 43.0 Å². The molecule has 0 bridgehead atoms. The molecule has 22 heavy (non-hydrogen) atoms. The molecule has 122 valence electrons. The molecule has 0 N–H and O–H groups in total. The molecule has 1 aromatic carbocycles. The highest BCUT2D eigenvalue weighted by atomic mass is 16.5. The number of hydrogen-bond acceptors (Lipinski definition) is 3. The quantitative estimate of drug-likeness (QED) is 0.810. The van der Waals surface area contributed by atoms with Crippen molar-refractivity contribution in [2.45, 2.75) is 33.2 Å². The molecule has 0 aliphatic carbocycles. The highest BCUT2D eigenvalue weighted by Gasteiger charge is 2.12. The molecular formula is C18H28N2O2. The van der Waals surface area contributed by atoms with Gasteiger partial charge in [-0.3, -0.25) is 4.79 Å². The molecule has 1 aromatic rings. The van der Waals surface area contributed by atoms with Gasteiger partial charge in [-0.2, -0.15) is 0 Å². The topological polar surface area (TPSA) is 32.8 Å². The number of benzene rings is 1. The van der Waals surface area contributed by atoms with Gasteiger partial charge in [0, 0.05) is 38.8 Å². The Hall–Kier alpha value is -1.55. The highest BCUT2D eigenvalue weighted by molar-refractivity contribution is 5.75. The number of carbonyl (C=O) groups is 1. The predicted molar refractivity (Wildman–Crippen MR) is 90.0 cm³/mol. The fourth-order valence-corrected chi connectivity index (χ4v) is 2.60. The summed E-state index contributed by atoms with van der Waals surface area (Å²) >= 11 is 0. The molecule has 1 saturated heterocycles. The van der Waals surface area contributed by atoms with Crippen molar-refractivity contribution in [3.8, 4) is 0 Å². The summed E-state index contributed by atoms with van der Waals surface area (Å²) in [5.41, 5.74) is 2.42. The van der Waals surface area contributed by atoms with E-state index in [-0.39, 0.29) is 5.91 Å². The van der Waals surface area contributed by atoms with E-state index in [0.29, 0.717) is 18.9 Å². The number of hydrogen-bond donors (Lipinski definition) is 0. The molecule has 0 spiro atoms. The maximum atomic E-state index is 12.1. The second kappa shape index (κ2) is 8.18. The number of nitrogens with zero attached hydrogens (tertiary/aromatic N) is 2. The zero-order valence-electron chi connectivity index (χ0n) is 14.0. The second-order valence-corrected chi connectivity index (χ2v) is 6.45. The van der Waals surface area contributed by atoms with Crippen molar-refractivity contribution >= 4 is 11.6 Å². The Balaban J connectivity index is 1.86. The van der Waals surface area contributed by atoms with Crippen LogP contribution in [0.3, 0.4) is 0 Å². The molecule has 0 aromatic heterocycles. The van der Waals surface area contributed by atoms with Crippen LogP contribution in [-0.4, -0.2) is 44.2 Å². The summed E-state index contributed by atoms with van der Waals surface area (Å²) < 4.78 is 5.38. The first-order valence-corrected chi connectivity index (χ1v) is 8.22. The van der Waals surface area contributed by atoms with Gasteiger partial charge in [0.05, 0.1) is 13.2 Å². The Morgan fingerprint density at radius 1 is 1.23 bits per heavy atom. The van der Waals surface area contributed by atoms with Crippen LogP contribution in [0.25, 0.3) is 0 Å². The smallest absolute Gasteiger partial charge is 0.222 e. The van der Waals surface area contributed by atoms with Gasteiger partial charge in [0.25, 0.3) is 0 Å². The van der Waals surface area contributed by atoms with E-state index in [1.165, 1.54) is 11.3 Å². The molecule has 0 unspecified atom stereocenters. The largest absolute Gasteiger partial charge is 0.378 e. The van der Waals surface area contributed by atoms with Gasteiger partial charge in [0.1, 0.15) is 0 Å². The van der Waals surface area contributed by atoms with Crippen molar-refractivity contribution in [3.05, 3.63) is 29.8 Å². The van der Waals surface area contributed by atoms with Gasteiger partial charge < -0.3 is 14.5 Å². The van der Waals surface area contributed by atoms with Crippen LogP contribution in [0.1, 0.15) is 32.3 Å². The third-order valence-electron chi connectivity index (χ3n) is 4.09. The minimum absolute atomic E-state index is 0.228. The van der Waals surface area contributed by atoms with Gasteiger partial charge in [-0.05, 0) is 30.0 Å². The summed E-state index contributed by atoms with van der Waals surface area (Å²) in [5.74, 6) is 0.802. The molecule has 0 radical (unpaired) electrons. The van der Waals surface area contributed by atoms with Crippen molar-refractivity contribution in [1.29, 1.82) is 0 Å². The molecule has 1 amide bonds. The number of anilines is 1. The fraction of sp³-hybridized carbons (Fsp3) is 0.611. The van der Waals surface area contributed by atoms with Crippen LogP contribution >= 0.6 is 0 Å². The minimum atomic E-state index is 0.228. The third-order valence-corrected chi connectivity index (χ3v) is 4.09. The van der Waals surface area contributed by atoms with E-state index in [0.717, 1.165) is 32.7 Å². The first kappa shape index (κ1) is 16.8. The summed E-state index contributed by atoms with van der Waals surface area (Å²) in [7, 11) is 1.89. The maximum Gasteiger partial charge on any atom is 0.222 e. The molecule has 4 heteroatoms. The van der Waals surface area contributed by atoms with Crippen LogP contribution in [0.15, 0.2) is 24.3 Å². The van der Waals surface area contributed by atoms with Gasteiger partial charge in [-0.1, -0.05) is 26.0 Å². The second-order valence-electron chi connectivity index (χ2n) is 6.45. The number of rotatable bonds is 6. The summed E-state index contributed by atoms with van der Waals surface area (Å²) in [6.45, 7) is 8.49. The average molecular weight is 304 g/mol. The number of carbonyl (C=O) groups excluding carboxylic acids is 1. The zero-order valence-corrected chi connectivity index (χ0v) is 14.0. The first-order valence-electron chi connectivity index (χ1n) is 8.22. The van der Waals surface area contributed by atoms with Crippen molar-refractivity contribution in [3.63, 3.8) is 0 Å². The Morgan fingerprint density at radius 3 is 2.45 bits per heavy atom. The first-order chi connectivity index (χ1) is 10.6. The number of morpholine rings is 1. The Bertz CT molecular complexity index is 464. The predicted octanol–water partition coefficient (Wildman–Crippen LogP) is 2.92. The summed E-state index contributed by atoms with van der Waals surface area (Å²) in [4.78, 5) is 16.2. The van der Waals surface area contributed by atoms with Crippen LogP contribution in [0, 0.1) is 5.92 Å². The SMILES string of the molecule is CC(C)CCC(=O)N(C)Cc1ccc(N2CCOCC2)cc1. The fourth-order valence-electron chi connectivity index (χ4n) is 2.60. The monoisotopic (exact) mass is 304 g/mol. The third kappa shape index (κ3) is 5.02. The van der Waals surface area contributed by atoms with Crippen molar-refractivity contribution < 1.29 is 9.53 Å². The summed E-state index contributed by atoms with van der Waals surface area (Å²) in [5, 5.41) is 0. The van der Waals surface area contributed by atoms with E-state index in [1.807, 2.05) is 11.9 Å². The number of ether oxygens (including phenoxy) is 1. The molecule has 1 aliphatic heterocycles. The van der Waals surface area contributed by atoms with Gasteiger partial charge in [0.2, 0.25) is 5.91 Å². The van der Waals surface area contributed by atoms with Crippen LogP contribution in [-0.2, 0) is 16.1 Å². The standard InChI is InChI=1S/C18H28N2O2/c1-15(2)4-9-18(21)19(3)14-16-5-7-17(8-6-16)20-10-12-22-13-11-20/h5-8,15H,4,9-14H2,1-3H3. The zero-order chi connectivity index (χ0) is 15.9. The minimum Gasteiger partial charge on any atom is -0.378 e. The van der Waals surface area contributed by atoms with Crippen molar-refractivity contribution in [2.24, 2.45) is 5.92 Å². The number of amides is 1. The average Bonchev–Trinajstić information content (AvgIpc) is 2.54. The van der Waals surface area contributed by atoms with Gasteiger partial charge in [0.15, 0.2) is 0 Å². The van der Waals surface area contributed by atoms with E-state index in [1.54, 1.807) is 0 Å². The Morgan fingerprint density at radius 2 is 1.86 bits per heavy atom. The van der Waals surface area contributed by atoms with Crippen LogP contribution in [0.4, 0.5) is 5.69 Å². The van der Waals surface area contributed by atoms with Crippen LogP contribution < -0.4 is 4.90 Å². The lowest BCUT2D eigenvalue weighted by Gasteiger charge is -2.29. The normalized spacial score (nSPS) is 15.2. The Labute approximate surface area is 134 Å². The molecular weight excluding hydrogens is 276 g/mol. The lowest BCUT2D eigenvalue weighted by atomic mass is 10.1. The molecule has 2 rings (SSSR count). The van der Waals surface area contributed by atoms with E-state index in [4.69, 9.17) is 4.74 Å². The Kier molecular flexibility index (Phi) is 6.25. The van der Waals surface area contributed by atoms with Gasteiger partial charge in [-0.15, -0.1) is 0 Å². The maximum absolute atomic E-state index is 12.1. The molecule has 1 aliphatic rings. The van der Waals surface area contributed by atoms with E-state index < -0.39 is 0 Å². The van der Waals surface area contributed by atoms with E-state index in [9.17, 15) is 4.79 Å². The van der Waals surface area contributed by atoms with Gasteiger partial charge in [-0.25, -0.2) is 0 Å². The molecule has 0 atom stereocenters. The molecule has 4 nitrogen and oxygen atoms in total. The summed E-state index contributed by atoms with van der Waals surface area (Å²) in [6, 6.07) is 8.54.